The quantitative estimate of drug-likeness (QED) is 0.370. The fourth-order valence-corrected chi connectivity index (χ4v) is 2.76. The van der Waals surface area contributed by atoms with E-state index >= 15 is 0 Å². The van der Waals surface area contributed by atoms with Crippen molar-refractivity contribution >= 4 is 11.7 Å². The zero-order valence-corrected chi connectivity index (χ0v) is 12.4. The maximum Gasteiger partial charge on any atom is 0.174 e. The second-order valence-electron chi connectivity index (χ2n) is 5.43. The first-order chi connectivity index (χ1) is 9.42. The third-order valence-corrected chi connectivity index (χ3v) is 3.41. The number of rotatable bonds is 2. The van der Waals surface area contributed by atoms with Crippen molar-refractivity contribution in [3.05, 3.63) is 22.9 Å². The van der Waals surface area contributed by atoms with Gasteiger partial charge in [0.2, 0.25) is 0 Å². The number of ether oxygens (including phenoxy) is 1. The molecule has 0 spiro atoms. The van der Waals surface area contributed by atoms with Gasteiger partial charge in [-0.25, -0.2) is 4.98 Å². The summed E-state index contributed by atoms with van der Waals surface area (Å²) in [6, 6.07) is 1.93. The topological polar surface area (TPSA) is 84.0 Å². The van der Waals surface area contributed by atoms with Crippen molar-refractivity contribution in [2.75, 3.05) is 18.0 Å². The van der Waals surface area contributed by atoms with Gasteiger partial charge in [0.1, 0.15) is 5.82 Å². The van der Waals surface area contributed by atoms with Crippen molar-refractivity contribution in [2.24, 2.45) is 10.9 Å². The summed E-state index contributed by atoms with van der Waals surface area (Å²) in [6.07, 6.45) is 0.253. The molecule has 0 bridgehead atoms. The molecule has 2 heterocycles. The zero-order chi connectivity index (χ0) is 14.9. The molecule has 0 radical (unpaired) electrons. The van der Waals surface area contributed by atoms with E-state index in [4.69, 9.17) is 15.7 Å². The Bertz CT molecular complexity index is 520. The van der Waals surface area contributed by atoms with E-state index < -0.39 is 0 Å². The van der Waals surface area contributed by atoms with Crippen LogP contribution in [0.1, 0.15) is 30.7 Å². The fraction of sp³-hybridized carbons (Fsp3) is 0.571. The molecule has 20 heavy (non-hydrogen) atoms. The number of anilines is 1. The van der Waals surface area contributed by atoms with Crippen LogP contribution in [-0.4, -0.2) is 41.3 Å². The lowest BCUT2D eigenvalue weighted by molar-refractivity contribution is -0.00548. The first-order valence-electron chi connectivity index (χ1n) is 6.79. The summed E-state index contributed by atoms with van der Waals surface area (Å²) in [5.74, 6) is 0.858. The molecule has 1 aliphatic rings. The highest BCUT2D eigenvalue weighted by atomic mass is 16.5. The van der Waals surface area contributed by atoms with Crippen LogP contribution in [0.25, 0.3) is 0 Å². The second kappa shape index (κ2) is 5.66. The highest BCUT2D eigenvalue weighted by Gasteiger charge is 2.26. The van der Waals surface area contributed by atoms with Crippen molar-refractivity contribution < 1.29 is 9.94 Å². The Balaban J connectivity index is 2.49. The molecule has 6 nitrogen and oxygen atoms in total. The molecule has 1 saturated heterocycles. The van der Waals surface area contributed by atoms with Gasteiger partial charge in [-0.15, -0.1) is 0 Å². The molecular formula is C14H22N4O2. The summed E-state index contributed by atoms with van der Waals surface area (Å²) < 4.78 is 5.74. The van der Waals surface area contributed by atoms with Gasteiger partial charge in [0, 0.05) is 18.8 Å². The number of amidine groups is 1. The highest BCUT2D eigenvalue weighted by Crippen LogP contribution is 2.25. The minimum Gasteiger partial charge on any atom is -0.409 e. The molecule has 1 aliphatic heterocycles. The van der Waals surface area contributed by atoms with Gasteiger partial charge in [0.25, 0.3) is 0 Å². The van der Waals surface area contributed by atoms with Crippen LogP contribution >= 0.6 is 0 Å². The molecule has 1 fully saturated rings. The van der Waals surface area contributed by atoms with E-state index in [1.54, 1.807) is 0 Å². The van der Waals surface area contributed by atoms with Crippen molar-refractivity contribution in [3.63, 3.8) is 0 Å². The van der Waals surface area contributed by atoms with Gasteiger partial charge in [-0.05, 0) is 39.3 Å². The zero-order valence-electron chi connectivity index (χ0n) is 12.4. The molecule has 0 amide bonds. The van der Waals surface area contributed by atoms with Gasteiger partial charge in [-0.1, -0.05) is 5.16 Å². The Morgan fingerprint density at radius 2 is 2.00 bits per heavy atom. The van der Waals surface area contributed by atoms with Gasteiger partial charge in [-0.2, -0.15) is 0 Å². The van der Waals surface area contributed by atoms with Gasteiger partial charge in [0.15, 0.2) is 5.84 Å². The minimum absolute atomic E-state index is 0.0943. The lowest BCUT2D eigenvalue weighted by Crippen LogP contribution is -2.46. The molecule has 0 aliphatic carbocycles. The van der Waals surface area contributed by atoms with Crippen molar-refractivity contribution in [3.8, 4) is 0 Å². The van der Waals surface area contributed by atoms with Crippen LogP contribution in [0.15, 0.2) is 11.2 Å². The summed E-state index contributed by atoms with van der Waals surface area (Å²) in [5.41, 5.74) is 8.39. The summed E-state index contributed by atoms with van der Waals surface area (Å²) in [5, 5.41) is 12.1. The van der Waals surface area contributed by atoms with Gasteiger partial charge in [0.05, 0.1) is 17.8 Å². The molecule has 0 aromatic carbocycles. The van der Waals surface area contributed by atoms with Crippen LogP contribution in [0.2, 0.25) is 0 Å². The molecule has 2 rings (SSSR count). The van der Waals surface area contributed by atoms with Gasteiger partial charge in [-0.3, -0.25) is 0 Å². The Morgan fingerprint density at radius 1 is 1.40 bits per heavy atom. The Morgan fingerprint density at radius 3 is 2.55 bits per heavy atom. The van der Waals surface area contributed by atoms with Crippen molar-refractivity contribution in [1.29, 1.82) is 0 Å². The molecule has 0 unspecified atom stereocenters. The Hall–Kier alpha value is -1.82. The van der Waals surface area contributed by atoms with Crippen LogP contribution < -0.4 is 10.6 Å². The first kappa shape index (κ1) is 14.6. The first-order valence-corrected chi connectivity index (χ1v) is 6.79. The van der Waals surface area contributed by atoms with Crippen LogP contribution in [0.3, 0.4) is 0 Å². The molecule has 3 N–H and O–H groups in total. The summed E-state index contributed by atoms with van der Waals surface area (Å²) in [4.78, 5) is 6.74. The predicted octanol–water partition coefficient (Wildman–Crippen LogP) is 1.41. The third kappa shape index (κ3) is 2.85. The van der Waals surface area contributed by atoms with E-state index in [0.29, 0.717) is 5.56 Å². The number of hydrogen-bond acceptors (Lipinski definition) is 5. The summed E-state index contributed by atoms with van der Waals surface area (Å²) >= 11 is 0. The standard InChI is InChI=1S/C14H22N4O2/c1-8-5-9(2)16-14(12(8)13(15)17-19)18-6-10(3)20-11(4)7-18/h5,10-11,19H,6-7H2,1-4H3,(H2,15,17)/t10-,11+. The normalized spacial score (nSPS) is 24.0. The van der Waals surface area contributed by atoms with Crippen LogP contribution in [0.4, 0.5) is 5.82 Å². The minimum atomic E-state index is 0.0943. The number of nitrogens with zero attached hydrogens (tertiary/aromatic N) is 3. The predicted molar refractivity (Wildman–Crippen MR) is 78.4 cm³/mol. The molecular weight excluding hydrogens is 256 g/mol. The number of aromatic nitrogens is 1. The highest BCUT2D eigenvalue weighted by molar-refractivity contribution is 6.02. The van der Waals surface area contributed by atoms with E-state index in [-0.39, 0.29) is 18.0 Å². The average molecular weight is 278 g/mol. The molecule has 1 aromatic rings. The summed E-state index contributed by atoms with van der Waals surface area (Å²) in [6.45, 7) is 9.44. The number of aryl methyl sites for hydroxylation is 2. The number of hydrogen-bond donors (Lipinski definition) is 2. The number of morpholine rings is 1. The largest absolute Gasteiger partial charge is 0.409 e. The lowest BCUT2D eigenvalue weighted by atomic mass is 10.1. The van der Waals surface area contributed by atoms with E-state index in [2.05, 4.69) is 15.0 Å². The van der Waals surface area contributed by atoms with Crippen molar-refractivity contribution in [1.82, 2.24) is 4.98 Å². The SMILES string of the molecule is Cc1cc(C)c(/C(N)=N/O)c(N2C[C@@H](C)O[C@@H](C)C2)n1. The van der Waals surface area contributed by atoms with E-state index in [0.717, 1.165) is 30.2 Å². The van der Waals surface area contributed by atoms with Crippen molar-refractivity contribution in [2.45, 2.75) is 39.9 Å². The fourth-order valence-electron chi connectivity index (χ4n) is 2.76. The Kier molecular flexibility index (Phi) is 4.13. The second-order valence-corrected chi connectivity index (χ2v) is 5.43. The molecule has 0 saturated carbocycles. The smallest absolute Gasteiger partial charge is 0.174 e. The van der Waals surface area contributed by atoms with Gasteiger partial charge >= 0.3 is 0 Å². The summed E-state index contributed by atoms with van der Waals surface area (Å²) in [7, 11) is 0. The lowest BCUT2D eigenvalue weighted by Gasteiger charge is -2.37. The third-order valence-electron chi connectivity index (χ3n) is 3.41. The number of pyridine rings is 1. The maximum atomic E-state index is 9.00. The van der Waals surface area contributed by atoms with E-state index in [1.165, 1.54) is 0 Å². The molecule has 2 atom stereocenters. The average Bonchev–Trinajstić information content (AvgIpc) is 2.35. The van der Waals surface area contributed by atoms with Crippen LogP contribution in [0.5, 0.6) is 0 Å². The molecule has 6 heteroatoms. The number of nitrogens with two attached hydrogens (primary N) is 1. The maximum absolute atomic E-state index is 9.00. The van der Waals surface area contributed by atoms with E-state index in [1.807, 2.05) is 33.8 Å². The number of oxime groups is 1. The van der Waals surface area contributed by atoms with Crippen LogP contribution in [0, 0.1) is 13.8 Å². The molecule has 1 aromatic heterocycles. The molecule has 110 valence electrons. The van der Waals surface area contributed by atoms with Gasteiger partial charge < -0.3 is 20.6 Å². The monoisotopic (exact) mass is 278 g/mol. The van der Waals surface area contributed by atoms with Crippen LogP contribution in [-0.2, 0) is 4.74 Å². The van der Waals surface area contributed by atoms with E-state index in [9.17, 15) is 0 Å². The Labute approximate surface area is 119 Å².